The summed E-state index contributed by atoms with van der Waals surface area (Å²) in [5.74, 6) is 1.24. The Balaban J connectivity index is 1.93. The van der Waals surface area contributed by atoms with Crippen LogP contribution in [0.4, 0.5) is 4.39 Å². The summed E-state index contributed by atoms with van der Waals surface area (Å²) in [6.45, 7) is 6.55. The molecule has 0 aliphatic rings. The Morgan fingerprint density at radius 1 is 1.37 bits per heavy atom. The van der Waals surface area contributed by atoms with Crippen molar-refractivity contribution in [3.8, 4) is 5.75 Å². The van der Waals surface area contributed by atoms with E-state index in [2.05, 4.69) is 25.8 Å². The van der Waals surface area contributed by atoms with Crippen LogP contribution in [0.2, 0.25) is 0 Å². The number of ether oxygens (including phenoxy) is 2. The van der Waals surface area contributed by atoms with E-state index in [1.54, 1.807) is 19.2 Å². The molecule has 1 heterocycles. The summed E-state index contributed by atoms with van der Waals surface area (Å²) in [4.78, 5) is 8.45. The van der Waals surface area contributed by atoms with Gasteiger partial charge in [0.1, 0.15) is 6.10 Å². The van der Waals surface area contributed by atoms with Gasteiger partial charge in [0.15, 0.2) is 23.4 Å². The lowest BCUT2D eigenvalue weighted by molar-refractivity contribution is 0.0683. The minimum absolute atomic E-state index is 0.173. The molecule has 1 aromatic carbocycles. The van der Waals surface area contributed by atoms with Gasteiger partial charge in [-0.3, -0.25) is 4.99 Å². The number of nitrogens with zero attached hydrogens (tertiary/aromatic N) is 3. The molecule has 0 saturated heterocycles. The molecule has 0 aliphatic carbocycles. The van der Waals surface area contributed by atoms with Crippen molar-refractivity contribution in [2.75, 3.05) is 20.8 Å². The van der Waals surface area contributed by atoms with Gasteiger partial charge in [0, 0.05) is 13.7 Å². The molecule has 2 unspecified atom stereocenters. The van der Waals surface area contributed by atoms with E-state index in [9.17, 15) is 4.39 Å². The zero-order valence-electron chi connectivity index (χ0n) is 16.2. The van der Waals surface area contributed by atoms with E-state index < -0.39 is 5.82 Å². The monoisotopic (exact) mass is 379 g/mol. The number of benzene rings is 1. The van der Waals surface area contributed by atoms with E-state index in [-0.39, 0.29) is 17.9 Å². The number of aliphatic imine (C=N–C) groups is 1. The third kappa shape index (κ3) is 5.65. The Morgan fingerprint density at radius 3 is 2.78 bits per heavy atom. The summed E-state index contributed by atoms with van der Waals surface area (Å²) in [5.41, 5.74) is 0.766. The first kappa shape index (κ1) is 20.6. The molecule has 9 heteroatoms. The molecule has 0 fully saturated rings. The third-order valence-electron chi connectivity index (χ3n) is 3.92. The Morgan fingerprint density at radius 2 is 2.15 bits per heavy atom. The topological polar surface area (TPSA) is 93.8 Å². The molecule has 8 nitrogen and oxygen atoms in total. The van der Waals surface area contributed by atoms with Gasteiger partial charge >= 0.3 is 0 Å². The predicted molar refractivity (Wildman–Crippen MR) is 99.0 cm³/mol. The highest BCUT2D eigenvalue weighted by Crippen LogP contribution is 2.21. The predicted octanol–water partition coefficient (Wildman–Crippen LogP) is 2.74. The molecule has 0 spiro atoms. The van der Waals surface area contributed by atoms with Gasteiger partial charge in [-0.25, -0.2) is 4.39 Å². The number of nitrogens with one attached hydrogen (secondary N) is 2. The number of methoxy groups -OCH3 is 1. The van der Waals surface area contributed by atoms with Crippen LogP contribution in [0.3, 0.4) is 0 Å². The first-order chi connectivity index (χ1) is 13.0. The van der Waals surface area contributed by atoms with Crippen molar-refractivity contribution in [3.63, 3.8) is 0 Å². The molecule has 2 atom stereocenters. The highest BCUT2D eigenvalue weighted by Gasteiger charge is 2.15. The number of hydrogen-bond donors (Lipinski definition) is 2. The van der Waals surface area contributed by atoms with Crippen molar-refractivity contribution in [1.29, 1.82) is 0 Å². The number of rotatable bonds is 8. The molecule has 2 rings (SSSR count). The van der Waals surface area contributed by atoms with Crippen LogP contribution in [0, 0.1) is 5.82 Å². The van der Waals surface area contributed by atoms with Gasteiger partial charge < -0.3 is 24.6 Å². The smallest absolute Gasteiger partial charge is 0.246 e. The maximum atomic E-state index is 13.9. The second-order valence-corrected chi connectivity index (χ2v) is 5.83. The van der Waals surface area contributed by atoms with Crippen LogP contribution in [-0.2, 0) is 11.3 Å². The molecular formula is C18H26FN5O3. The number of hydrogen-bond acceptors (Lipinski definition) is 6. The molecular weight excluding hydrogens is 353 g/mol. The van der Waals surface area contributed by atoms with Crippen molar-refractivity contribution >= 4 is 5.96 Å². The van der Waals surface area contributed by atoms with Gasteiger partial charge in [-0.1, -0.05) is 11.2 Å². The normalized spacial score (nSPS) is 13.9. The average Bonchev–Trinajstić information content (AvgIpc) is 3.14. The molecule has 1 aromatic heterocycles. The van der Waals surface area contributed by atoms with Crippen molar-refractivity contribution in [2.45, 2.75) is 39.5 Å². The Hall–Kier alpha value is -2.68. The fraction of sp³-hybridized carbons (Fsp3) is 0.500. The molecule has 148 valence electrons. The van der Waals surface area contributed by atoms with Gasteiger partial charge in [-0.15, -0.1) is 0 Å². The molecule has 0 amide bonds. The highest BCUT2D eigenvalue weighted by molar-refractivity contribution is 5.80. The Kier molecular flexibility index (Phi) is 7.54. The Labute approximate surface area is 158 Å². The second kappa shape index (κ2) is 9.86. The van der Waals surface area contributed by atoms with Crippen LogP contribution >= 0.6 is 0 Å². The number of guanidine groups is 1. The molecule has 0 saturated carbocycles. The van der Waals surface area contributed by atoms with E-state index in [0.717, 1.165) is 5.56 Å². The quantitative estimate of drug-likeness (QED) is 0.538. The maximum Gasteiger partial charge on any atom is 0.246 e. The number of aromatic nitrogens is 2. The largest absolute Gasteiger partial charge is 0.494 e. The highest BCUT2D eigenvalue weighted by atomic mass is 19.1. The lowest BCUT2D eigenvalue weighted by Gasteiger charge is -2.18. The Bertz CT molecular complexity index is 765. The van der Waals surface area contributed by atoms with Gasteiger partial charge in [0.05, 0.1) is 19.7 Å². The first-order valence-electron chi connectivity index (χ1n) is 8.73. The summed E-state index contributed by atoms with van der Waals surface area (Å²) >= 11 is 0. The van der Waals surface area contributed by atoms with Crippen LogP contribution in [0.25, 0.3) is 0 Å². The average molecular weight is 379 g/mol. The SMILES string of the molecule is CCOC(C)c1noc(CNC(=NC)NC(C)c2ccc(OC)c(F)c2)n1. The van der Waals surface area contributed by atoms with Crippen molar-refractivity contribution in [1.82, 2.24) is 20.8 Å². The first-order valence-corrected chi connectivity index (χ1v) is 8.73. The number of halogens is 1. The lowest BCUT2D eigenvalue weighted by atomic mass is 10.1. The molecule has 0 radical (unpaired) electrons. The summed E-state index contributed by atoms with van der Waals surface area (Å²) in [6.07, 6.45) is -0.227. The fourth-order valence-corrected chi connectivity index (χ4v) is 2.42. The summed E-state index contributed by atoms with van der Waals surface area (Å²) in [7, 11) is 3.08. The van der Waals surface area contributed by atoms with Crippen LogP contribution in [0.15, 0.2) is 27.7 Å². The molecule has 2 N–H and O–H groups in total. The standard InChI is InChI=1S/C18H26FN5O3/c1-6-26-12(3)17-23-16(27-24-17)10-21-18(20-4)22-11(2)13-7-8-15(25-5)14(19)9-13/h7-9,11-12H,6,10H2,1-5H3,(H2,20,21,22). The lowest BCUT2D eigenvalue weighted by Crippen LogP contribution is -2.38. The minimum atomic E-state index is -0.409. The molecule has 0 aliphatic heterocycles. The van der Waals surface area contributed by atoms with Crippen LogP contribution < -0.4 is 15.4 Å². The zero-order chi connectivity index (χ0) is 19.8. The van der Waals surface area contributed by atoms with Gasteiger partial charge in [-0.2, -0.15) is 4.98 Å². The van der Waals surface area contributed by atoms with Gasteiger partial charge in [0.2, 0.25) is 5.89 Å². The maximum absolute atomic E-state index is 13.9. The van der Waals surface area contributed by atoms with Crippen molar-refractivity contribution < 1.29 is 18.4 Å². The second-order valence-electron chi connectivity index (χ2n) is 5.83. The van der Waals surface area contributed by atoms with Crippen molar-refractivity contribution in [2.24, 2.45) is 4.99 Å². The minimum Gasteiger partial charge on any atom is -0.494 e. The summed E-state index contributed by atoms with van der Waals surface area (Å²) in [6, 6.07) is 4.65. The van der Waals surface area contributed by atoms with Crippen LogP contribution in [-0.4, -0.2) is 36.9 Å². The van der Waals surface area contributed by atoms with E-state index >= 15 is 0 Å². The molecule has 27 heavy (non-hydrogen) atoms. The van der Waals surface area contributed by atoms with Gasteiger partial charge in [-0.05, 0) is 38.5 Å². The van der Waals surface area contributed by atoms with Crippen LogP contribution in [0.1, 0.15) is 50.2 Å². The van der Waals surface area contributed by atoms with Crippen molar-refractivity contribution in [3.05, 3.63) is 41.3 Å². The van der Waals surface area contributed by atoms with Crippen LogP contribution in [0.5, 0.6) is 5.75 Å². The zero-order valence-corrected chi connectivity index (χ0v) is 16.2. The van der Waals surface area contributed by atoms with E-state index in [0.29, 0.717) is 30.8 Å². The molecule has 0 bridgehead atoms. The molecule has 2 aromatic rings. The summed E-state index contributed by atoms with van der Waals surface area (Å²) < 4.78 is 29.5. The fourth-order valence-electron chi connectivity index (χ4n) is 2.42. The summed E-state index contributed by atoms with van der Waals surface area (Å²) in [5, 5.41) is 10.2. The van der Waals surface area contributed by atoms with Gasteiger partial charge in [0.25, 0.3) is 0 Å². The van der Waals surface area contributed by atoms with E-state index in [1.165, 1.54) is 13.2 Å². The van der Waals surface area contributed by atoms with E-state index in [4.69, 9.17) is 14.0 Å². The third-order valence-corrected chi connectivity index (χ3v) is 3.92. The van der Waals surface area contributed by atoms with E-state index in [1.807, 2.05) is 20.8 Å².